The second-order valence-corrected chi connectivity index (χ2v) is 2.55. The molecule has 94 valence electrons. The molecule has 0 atom stereocenters. The highest BCUT2D eigenvalue weighted by molar-refractivity contribution is 5.72. The molecule has 0 saturated heterocycles. The molecule has 1 aromatic carbocycles. The van der Waals surface area contributed by atoms with Gasteiger partial charge in [-0.15, -0.1) is 0 Å². The lowest BCUT2D eigenvalue weighted by Gasteiger charge is -2.00. The van der Waals surface area contributed by atoms with Crippen molar-refractivity contribution >= 4 is 12.1 Å². The molecule has 0 heterocycles. The van der Waals surface area contributed by atoms with Crippen molar-refractivity contribution in [2.75, 3.05) is 6.61 Å². The molecular weight excluding hydrogens is 220 g/mol. The lowest BCUT2D eigenvalue weighted by Crippen LogP contribution is -2.06. The molecular formula is C13H18O4. The summed E-state index contributed by atoms with van der Waals surface area (Å²) in [5.74, 6) is -0.163. The number of hydrogen-bond donors (Lipinski definition) is 0. The monoisotopic (exact) mass is 238 g/mol. The molecule has 4 nitrogen and oxygen atoms in total. The number of carbonyl (C=O) groups is 1. The highest BCUT2D eigenvalue weighted by Crippen LogP contribution is 2.00. The summed E-state index contributed by atoms with van der Waals surface area (Å²) < 4.78 is 4.81. The molecule has 0 radical (unpaired) electrons. The molecule has 17 heavy (non-hydrogen) atoms. The van der Waals surface area contributed by atoms with E-state index in [0.29, 0.717) is 13.0 Å². The third-order valence-electron chi connectivity index (χ3n) is 1.50. The summed E-state index contributed by atoms with van der Waals surface area (Å²) in [5, 5.41) is 0. The van der Waals surface area contributed by atoms with Gasteiger partial charge in [-0.3, -0.25) is 4.79 Å². The van der Waals surface area contributed by atoms with Gasteiger partial charge in [0.05, 0.1) is 13.0 Å². The summed E-state index contributed by atoms with van der Waals surface area (Å²) in [6.45, 7) is 6.26. The van der Waals surface area contributed by atoms with Gasteiger partial charge in [0.1, 0.15) is 0 Å². The maximum atomic E-state index is 11.0. The van der Waals surface area contributed by atoms with Gasteiger partial charge in [0.25, 0.3) is 0 Å². The van der Waals surface area contributed by atoms with E-state index in [1.165, 1.54) is 0 Å². The molecule has 0 aliphatic rings. The van der Waals surface area contributed by atoms with Crippen molar-refractivity contribution in [3.63, 3.8) is 0 Å². The van der Waals surface area contributed by atoms with Gasteiger partial charge in [0.2, 0.25) is 0 Å². The number of benzene rings is 1. The summed E-state index contributed by atoms with van der Waals surface area (Å²) in [6.07, 6.45) is 0.620. The third-order valence-corrected chi connectivity index (χ3v) is 1.50. The Morgan fingerprint density at radius 2 is 1.65 bits per heavy atom. The lowest BCUT2D eigenvalue weighted by molar-refractivity contribution is -0.191. The van der Waals surface area contributed by atoms with Gasteiger partial charge in [0, 0.05) is 0 Å². The van der Waals surface area contributed by atoms with Gasteiger partial charge >= 0.3 is 12.1 Å². The van der Waals surface area contributed by atoms with E-state index in [9.17, 15) is 4.79 Å². The second kappa shape index (κ2) is 14.1. The Bertz CT molecular complexity index is 313. The number of esters is 1. The average molecular weight is 238 g/mol. The molecule has 0 spiro atoms. The molecule has 4 heteroatoms. The molecule has 0 unspecified atom stereocenters. The minimum absolute atomic E-state index is 0.163. The third kappa shape index (κ3) is 12.0. The zero-order valence-corrected chi connectivity index (χ0v) is 10.4. The minimum Gasteiger partial charge on any atom is -0.466 e. The van der Waals surface area contributed by atoms with Crippen molar-refractivity contribution in [3.05, 3.63) is 35.9 Å². The van der Waals surface area contributed by atoms with Crippen molar-refractivity contribution in [2.24, 2.45) is 0 Å². The SMILES string of the molecule is CC.CCOC(=O)Cc1ccccc1.O=C=O. The zero-order chi connectivity index (χ0) is 13.5. The maximum Gasteiger partial charge on any atom is 0.373 e. The maximum absolute atomic E-state index is 11.0. The van der Waals surface area contributed by atoms with Crippen molar-refractivity contribution in [1.29, 1.82) is 0 Å². The fraction of sp³-hybridized carbons (Fsp3) is 0.385. The van der Waals surface area contributed by atoms with E-state index in [0.717, 1.165) is 5.56 Å². The molecule has 0 fully saturated rings. The molecule has 0 aliphatic carbocycles. The standard InChI is InChI=1S/C10H12O2.C2H6.CO2/c1-2-12-10(11)8-9-6-4-3-5-7-9;1-2;2-1-3/h3-7H,2,8H2,1H3;1-2H3;. The van der Waals surface area contributed by atoms with Crippen molar-refractivity contribution in [2.45, 2.75) is 27.2 Å². The van der Waals surface area contributed by atoms with Gasteiger partial charge in [-0.2, -0.15) is 9.59 Å². The van der Waals surface area contributed by atoms with Gasteiger partial charge in [-0.25, -0.2) is 0 Å². The first-order valence-corrected chi connectivity index (χ1v) is 5.43. The molecule has 0 amide bonds. The van der Waals surface area contributed by atoms with Crippen LogP contribution in [-0.2, 0) is 25.5 Å². The number of rotatable bonds is 3. The van der Waals surface area contributed by atoms with Crippen LogP contribution in [0.3, 0.4) is 0 Å². The molecule has 0 aliphatic heterocycles. The van der Waals surface area contributed by atoms with E-state index < -0.39 is 0 Å². The van der Waals surface area contributed by atoms with Gasteiger partial charge in [-0.05, 0) is 12.5 Å². The highest BCUT2D eigenvalue weighted by Gasteiger charge is 2.01. The Kier molecular flexibility index (Phi) is 14.5. The predicted octanol–water partition coefficient (Wildman–Crippen LogP) is 2.23. The molecule has 1 aromatic rings. The van der Waals surface area contributed by atoms with Gasteiger partial charge in [-0.1, -0.05) is 44.2 Å². The normalized spacial score (nSPS) is 7.47. The fourth-order valence-electron chi connectivity index (χ4n) is 0.975. The molecule has 0 N–H and O–H groups in total. The van der Waals surface area contributed by atoms with E-state index in [2.05, 4.69) is 0 Å². The predicted molar refractivity (Wildman–Crippen MR) is 63.1 cm³/mol. The van der Waals surface area contributed by atoms with Gasteiger partial charge in [0.15, 0.2) is 0 Å². The molecule has 0 aromatic heterocycles. The highest BCUT2D eigenvalue weighted by atomic mass is 16.5. The topological polar surface area (TPSA) is 60.4 Å². The summed E-state index contributed by atoms with van der Waals surface area (Å²) >= 11 is 0. The average Bonchev–Trinajstić information content (AvgIpc) is 2.34. The Morgan fingerprint density at radius 1 is 1.18 bits per heavy atom. The first-order valence-electron chi connectivity index (χ1n) is 5.43. The quantitative estimate of drug-likeness (QED) is 0.758. The lowest BCUT2D eigenvalue weighted by atomic mass is 10.2. The Hall–Kier alpha value is -1.93. The Balaban J connectivity index is 0. The first kappa shape index (κ1) is 17.5. The van der Waals surface area contributed by atoms with E-state index in [1.807, 2.05) is 51.1 Å². The van der Waals surface area contributed by atoms with Crippen LogP contribution in [0.25, 0.3) is 0 Å². The number of ether oxygens (including phenoxy) is 1. The van der Waals surface area contributed by atoms with Crippen LogP contribution in [0.5, 0.6) is 0 Å². The van der Waals surface area contributed by atoms with Gasteiger partial charge < -0.3 is 4.74 Å². The van der Waals surface area contributed by atoms with Crippen molar-refractivity contribution in [1.82, 2.24) is 0 Å². The van der Waals surface area contributed by atoms with E-state index in [4.69, 9.17) is 14.3 Å². The van der Waals surface area contributed by atoms with Crippen LogP contribution >= 0.6 is 0 Å². The van der Waals surface area contributed by atoms with Crippen LogP contribution in [0.2, 0.25) is 0 Å². The van der Waals surface area contributed by atoms with Crippen molar-refractivity contribution < 1.29 is 19.1 Å². The number of carbonyl (C=O) groups excluding carboxylic acids is 3. The summed E-state index contributed by atoms with van der Waals surface area (Å²) in [4.78, 5) is 27.2. The summed E-state index contributed by atoms with van der Waals surface area (Å²) in [6, 6.07) is 9.58. The molecule has 1 rings (SSSR count). The van der Waals surface area contributed by atoms with Crippen LogP contribution in [0, 0.1) is 0 Å². The number of hydrogen-bond acceptors (Lipinski definition) is 4. The fourth-order valence-corrected chi connectivity index (χ4v) is 0.975. The van der Waals surface area contributed by atoms with E-state index in [-0.39, 0.29) is 12.1 Å². The largest absolute Gasteiger partial charge is 0.466 e. The van der Waals surface area contributed by atoms with Crippen LogP contribution in [0.15, 0.2) is 30.3 Å². The van der Waals surface area contributed by atoms with Crippen molar-refractivity contribution in [3.8, 4) is 0 Å². The minimum atomic E-state index is -0.163. The second-order valence-electron chi connectivity index (χ2n) is 2.55. The summed E-state index contributed by atoms with van der Waals surface area (Å²) in [7, 11) is 0. The Labute approximate surface area is 102 Å². The summed E-state index contributed by atoms with van der Waals surface area (Å²) in [5.41, 5.74) is 0.996. The smallest absolute Gasteiger partial charge is 0.373 e. The van der Waals surface area contributed by atoms with E-state index >= 15 is 0 Å². The zero-order valence-electron chi connectivity index (χ0n) is 10.4. The van der Waals surface area contributed by atoms with Crippen LogP contribution in [0.4, 0.5) is 0 Å². The van der Waals surface area contributed by atoms with E-state index in [1.54, 1.807) is 0 Å². The van der Waals surface area contributed by atoms with Crippen LogP contribution in [0.1, 0.15) is 26.3 Å². The molecule has 0 bridgehead atoms. The first-order chi connectivity index (χ1) is 8.24. The Morgan fingerprint density at radius 3 is 2.06 bits per heavy atom. The van der Waals surface area contributed by atoms with Crippen LogP contribution < -0.4 is 0 Å². The van der Waals surface area contributed by atoms with Crippen LogP contribution in [-0.4, -0.2) is 18.7 Å². The molecule has 0 saturated carbocycles.